The number of para-hydroxylation sites is 1. The number of carboxylic acid groups (broad SMARTS) is 1. The van der Waals surface area contributed by atoms with Gasteiger partial charge in [0.1, 0.15) is 18.6 Å². The molecule has 0 saturated heterocycles. The molecule has 1 atom stereocenters. The number of aromatic carboxylic acids is 1. The van der Waals surface area contributed by atoms with E-state index in [4.69, 9.17) is 0 Å². The Hall–Kier alpha value is -3.69. The van der Waals surface area contributed by atoms with Crippen molar-refractivity contribution in [3.63, 3.8) is 0 Å². The van der Waals surface area contributed by atoms with Gasteiger partial charge in [-0.05, 0) is 36.8 Å². The van der Waals surface area contributed by atoms with E-state index in [0.717, 1.165) is 0 Å². The van der Waals surface area contributed by atoms with Gasteiger partial charge in [-0.3, -0.25) is 4.79 Å². The Morgan fingerprint density at radius 3 is 2.57 bits per heavy atom. The van der Waals surface area contributed by atoms with Crippen molar-refractivity contribution in [2.75, 3.05) is 10.6 Å². The molecule has 7 nitrogen and oxygen atoms in total. The molecule has 0 bridgehead atoms. The maximum absolute atomic E-state index is 12.3. The molecule has 0 aliphatic rings. The Morgan fingerprint density at radius 2 is 1.87 bits per heavy atom. The van der Waals surface area contributed by atoms with Crippen LogP contribution in [0.25, 0.3) is 10.9 Å². The zero-order chi connectivity index (χ0) is 21.9. The highest BCUT2D eigenvalue weighted by Gasteiger charge is 2.31. The van der Waals surface area contributed by atoms with E-state index < -0.39 is 24.5 Å². The molecule has 1 aromatic heterocycles. The largest absolute Gasteiger partial charge is 0.478 e. The SMILES string of the molecule is CC(Nc1ncnc2c(C(=O)O)cccc12)c1cccc(NC(=O)CC(F)(F)F)c1. The van der Waals surface area contributed by atoms with Crippen LogP contribution in [0.1, 0.15) is 35.3 Å². The first-order valence-corrected chi connectivity index (χ1v) is 8.84. The summed E-state index contributed by atoms with van der Waals surface area (Å²) >= 11 is 0. The van der Waals surface area contributed by atoms with E-state index in [9.17, 15) is 27.9 Å². The van der Waals surface area contributed by atoms with Crippen LogP contribution in [0, 0.1) is 0 Å². The van der Waals surface area contributed by atoms with Crippen LogP contribution in [0.15, 0.2) is 48.8 Å². The van der Waals surface area contributed by atoms with Crippen molar-refractivity contribution in [1.82, 2.24) is 9.97 Å². The fourth-order valence-electron chi connectivity index (χ4n) is 2.94. The second kappa shape index (κ2) is 8.36. The first-order chi connectivity index (χ1) is 14.1. The average molecular weight is 418 g/mol. The van der Waals surface area contributed by atoms with Crippen LogP contribution in [-0.2, 0) is 4.79 Å². The zero-order valence-corrected chi connectivity index (χ0v) is 15.7. The number of hydrogen-bond donors (Lipinski definition) is 3. The van der Waals surface area contributed by atoms with Crippen molar-refractivity contribution < 1.29 is 27.9 Å². The summed E-state index contributed by atoms with van der Waals surface area (Å²) in [6.45, 7) is 1.80. The molecular formula is C20H17F3N4O3. The predicted octanol–water partition coefficient (Wildman–Crippen LogP) is 4.39. The Labute approximate surface area is 169 Å². The molecule has 0 spiro atoms. The molecule has 1 amide bonds. The lowest BCUT2D eigenvalue weighted by atomic mass is 10.1. The van der Waals surface area contributed by atoms with E-state index in [1.54, 1.807) is 37.3 Å². The number of carbonyl (C=O) groups excluding carboxylic acids is 1. The number of hydrogen-bond acceptors (Lipinski definition) is 5. The Kier molecular flexibility index (Phi) is 5.86. The average Bonchev–Trinajstić information content (AvgIpc) is 2.66. The quantitative estimate of drug-likeness (QED) is 0.548. The summed E-state index contributed by atoms with van der Waals surface area (Å²) in [6.07, 6.45) is -4.90. The van der Waals surface area contributed by atoms with Crippen LogP contribution in [0.4, 0.5) is 24.7 Å². The number of nitrogens with zero attached hydrogens (tertiary/aromatic N) is 2. The van der Waals surface area contributed by atoms with Gasteiger partial charge in [0.05, 0.1) is 17.1 Å². The third kappa shape index (κ3) is 5.02. The fourth-order valence-corrected chi connectivity index (χ4v) is 2.94. The Morgan fingerprint density at radius 1 is 1.13 bits per heavy atom. The first-order valence-electron chi connectivity index (χ1n) is 8.84. The Bertz CT molecular complexity index is 1100. The minimum Gasteiger partial charge on any atom is -0.478 e. The minimum absolute atomic E-state index is 0.0416. The topological polar surface area (TPSA) is 104 Å². The van der Waals surface area contributed by atoms with Gasteiger partial charge in [0, 0.05) is 11.1 Å². The van der Waals surface area contributed by atoms with Crippen molar-refractivity contribution in [3.05, 3.63) is 59.9 Å². The van der Waals surface area contributed by atoms with Crippen molar-refractivity contribution in [2.45, 2.75) is 25.6 Å². The van der Waals surface area contributed by atoms with E-state index in [-0.39, 0.29) is 22.8 Å². The van der Waals surface area contributed by atoms with Crippen molar-refractivity contribution in [2.24, 2.45) is 0 Å². The summed E-state index contributed by atoms with van der Waals surface area (Å²) < 4.78 is 37.0. The molecule has 10 heteroatoms. The molecule has 3 aromatic rings. The third-order valence-electron chi connectivity index (χ3n) is 4.28. The van der Waals surface area contributed by atoms with Crippen molar-refractivity contribution >= 4 is 34.3 Å². The molecule has 156 valence electrons. The highest BCUT2D eigenvalue weighted by molar-refractivity contribution is 6.04. The highest BCUT2D eigenvalue weighted by atomic mass is 19.4. The monoisotopic (exact) mass is 418 g/mol. The molecule has 0 radical (unpaired) electrons. The number of rotatable bonds is 6. The number of anilines is 2. The van der Waals surface area contributed by atoms with Gasteiger partial charge in [0.2, 0.25) is 5.91 Å². The standard InChI is InChI=1S/C20H17F3N4O3/c1-11(12-4-2-5-13(8-12)27-16(28)9-20(21,22)23)26-18-14-6-3-7-15(19(29)30)17(14)24-10-25-18/h2-8,10-11H,9H2,1H3,(H,27,28)(H,29,30)(H,24,25,26). The first kappa shape index (κ1) is 21.0. The molecule has 30 heavy (non-hydrogen) atoms. The summed E-state index contributed by atoms with van der Waals surface area (Å²) in [5, 5.41) is 15.2. The highest BCUT2D eigenvalue weighted by Crippen LogP contribution is 2.27. The van der Waals surface area contributed by atoms with Crippen LogP contribution in [0.5, 0.6) is 0 Å². The van der Waals surface area contributed by atoms with E-state index >= 15 is 0 Å². The molecule has 1 heterocycles. The molecule has 0 saturated carbocycles. The van der Waals surface area contributed by atoms with Crippen LogP contribution in [0.2, 0.25) is 0 Å². The summed E-state index contributed by atoms with van der Waals surface area (Å²) in [4.78, 5) is 31.1. The molecular weight excluding hydrogens is 401 g/mol. The van der Waals surface area contributed by atoms with E-state index in [0.29, 0.717) is 16.8 Å². The van der Waals surface area contributed by atoms with Gasteiger partial charge in [-0.25, -0.2) is 14.8 Å². The van der Waals surface area contributed by atoms with Crippen LogP contribution in [-0.4, -0.2) is 33.1 Å². The summed E-state index contributed by atoms with van der Waals surface area (Å²) in [5.41, 5.74) is 1.24. The van der Waals surface area contributed by atoms with E-state index in [1.165, 1.54) is 18.5 Å². The molecule has 3 rings (SSSR count). The number of fused-ring (bicyclic) bond motifs is 1. The Balaban J connectivity index is 1.82. The van der Waals surface area contributed by atoms with Gasteiger partial charge in [0.15, 0.2) is 0 Å². The zero-order valence-electron chi connectivity index (χ0n) is 15.7. The summed E-state index contributed by atoms with van der Waals surface area (Å²) in [7, 11) is 0. The van der Waals surface area contributed by atoms with Gasteiger partial charge < -0.3 is 15.7 Å². The van der Waals surface area contributed by atoms with Crippen LogP contribution < -0.4 is 10.6 Å². The number of carboxylic acids is 1. The second-order valence-electron chi connectivity index (χ2n) is 6.56. The number of alkyl halides is 3. The molecule has 0 aliphatic heterocycles. The molecule has 0 fully saturated rings. The van der Waals surface area contributed by atoms with Gasteiger partial charge in [-0.15, -0.1) is 0 Å². The van der Waals surface area contributed by atoms with Crippen molar-refractivity contribution in [1.29, 1.82) is 0 Å². The van der Waals surface area contributed by atoms with E-state index in [2.05, 4.69) is 20.6 Å². The van der Waals surface area contributed by atoms with Gasteiger partial charge >= 0.3 is 12.1 Å². The maximum Gasteiger partial charge on any atom is 0.397 e. The van der Waals surface area contributed by atoms with Gasteiger partial charge in [-0.1, -0.05) is 18.2 Å². The number of carbonyl (C=O) groups is 2. The number of halogens is 3. The van der Waals surface area contributed by atoms with Gasteiger partial charge in [0.25, 0.3) is 0 Å². The fraction of sp³-hybridized carbons (Fsp3) is 0.200. The number of aromatic nitrogens is 2. The van der Waals surface area contributed by atoms with Crippen LogP contribution in [0.3, 0.4) is 0 Å². The maximum atomic E-state index is 12.3. The molecule has 2 aromatic carbocycles. The smallest absolute Gasteiger partial charge is 0.397 e. The van der Waals surface area contributed by atoms with Crippen molar-refractivity contribution in [3.8, 4) is 0 Å². The lowest BCUT2D eigenvalue weighted by Crippen LogP contribution is -2.21. The predicted molar refractivity (Wildman–Crippen MR) is 104 cm³/mol. The van der Waals surface area contributed by atoms with E-state index in [1.807, 2.05) is 0 Å². The summed E-state index contributed by atoms with van der Waals surface area (Å²) in [6, 6.07) is 10.8. The minimum atomic E-state index is -4.58. The third-order valence-corrected chi connectivity index (χ3v) is 4.28. The number of benzene rings is 2. The molecule has 3 N–H and O–H groups in total. The van der Waals surface area contributed by atoms with Crippen LogP contribution >= 0.6 is 0 Å². The second-order valence-corrected chi connectivity index (χ2v) is 6.56. The lowest BCUT2D eigenvalue weighted by molar-refractivity contribution is -0.150. The number of nitrogens with one attached hydrogen (secondary N) is 2. The number of amides is 1. The molecule has 0 aliphatic carbocycles. The summed E-state index contributed by atoms with van der Waals surface area (Å²) in [5.74, 6) is -1.86. The normalized spacial score (nSPS) is 12.4. The molecule has 1 unspecified atom stereocenters. The lowest BCUT2D eigenvalue weighted by Gasteiger charge is -2.17. The van der Waals surface area contributed by atoms with Gasteiger partial charge in [-0.2, -0.15) is 13.2 Å².